The molecule has 0 saturated carbocycles. The maximum absolute atomic E-state index is 11.3. The zero-order chi connectivity index (χ0) is 10.6. The summed E-state index contributed by atoms with van der Waals surface area (Å²) in [4.78, 5) is 15.2. The number of Topliss-reactive ketones (excluding diaryl/α,β-unsaturated/α-hetero) is 1. The monoisotopic (exact) mass is 254 g/mol. The highest BCUT2D eigenvalue weighted by Crippen LogP contribution is 2.22. The number of rotatable bonds is 3. The molecule has 0 saturated heterocycles. The summed E-state index contributed by atoms with van der Waals surface area (Å²) in [6.45, 7) is 0. The second-order valence-electron chi connectivity index (χ2n) is 2.47. The summed E-state index contributed by atoms with van der Waals surface area (Å²) in [7, 11) is 1.49. The third-order valence-electron chi connectivity index (χ3n) is 1.56. The molecule has 5 heteroatoms. The van der Waals surface area contributed by atoms with E-state index in [-0.39, 0.29) is 12.2 Å². The Hall–Kier alpha value is -1.41. The van der Waals surface area contributed by atoms with Crippen LogP contribution >= 0.6 is 15.9 Å². The van der Waals surface area contributed by atoms with Crippen LogP contribution in [0.4, 0.5) is 0 Å². The number of ketones is 1. The Labute approximate surface area is 89.6 Å². The number of hydrogen-bond donors (Lipinski definition) is 0. The van der Waals surface area contributed by atoms with Crippen molar-refractivity contribution in [2.45, 2.75) is 6.42 Å². The van der Waals surface area contributed by atoms with Gasteiger partial charge in [0.2, 0.25) is 5.88 Å². The van der Waals surface area contributed by atoms with E-state index in [1.807, 2.05) is 0 Å². The maximum atomic E-state index is 11.3. The molecule has 0 aromatic carbocycles. The highest BCUT2D eigenvalue weighted by molar-refractivity contribution is 9.10. The molecule has 0 aliphatic rings. The van der Waals surface area contributed by atoms with Gasteiger partial charge >= 0.3 is 0 Å². The molecular weight excluding hydrogens is 248 g/mol. The predicted octanol–water partition coefficient (Wildman–Crippen LogP) is 1.95. The van der Waals surface area contributed by atoms with Crippen LogP contribution in [-0.2, 0) is 0 Å². The van der Waals surface area contributed by atoms with E-state index < -0.39 is 0 Å². The van der Waals surface area contributed by atoms with Crippen LogP contribution in [0.25, 0.3) is 0 Å². The molecule has 0 atom stereocenters. The number of carbonyl (C=O) groups excluding carboxylic acids is 1. The van der Waals surface area contributed by atoms with Gasteiger partial charge in [0.15, 0.2) is 5.78 Å². The van der Waals surface area contributed by atoms with Gasteiger partial charge in [-0.25, -0.2) is 4.98 Å². The lowest BCUT2D eigenvalue weighted by atomic mass is 10.1. The van der Waals surface area contributed by atoms with Gasteiger partial charge in [-0.2, -0.15) is 5.26 Å². The van der Waals surface area contributed by atoms with Crippen LogP contribution in [0.15, 0.2) is 16.7 Å². The summed E-state index contributed by atoms with van der Waals surface area (Å²) in [6.07, 6.45) is 1.25. The Balaban J connectivity index is 2.98. The van der Waals surface area contributed by atoms with Gasteiger partial charge in [-0.3, -0.25) is 4.79 Å². The van der Waals surface area contributed by atoms with E-state index in [1.165, 1.54) is 13.3 Å². The predicted molar refractivity (Wildman–Crippen MR) is 53.0 cm³/mol. The van der Waals surface area contributed by atoms with Crippen molar-refractivity contribution in [3.05, 3.63) is 22.3 Å². The second-order valence-corrected chi connectivity index (χ2v) is 3.33. The summed E-state index contributed by atoms with van der Waals surface area (Å²) in [6, 6.07) is 3.38. The van der Waals surface area contributed by atoms with Crippen LogP contribution in [0.3, 0.4) is 0 Å². The van der Waals surface area contributed by atoms with Crippen molar-refractivity contribution in [2.75, 3.05) is 7.11 Å². The average molecular weight is 255 g/mol. The van der Waals surface area contributed by atoms with Gasteiger partial charge in [0, 0.05) is 11.8 Å². The van der Waals surface area contributed by atoms with E-state index in [4.69, 9.17) is 10.00 Å². The molecule has 0 radical (unpaired) electrons. The molecule has 1 aromatic heterocycles. The number of hydrogen-bond acceptors (Lipinski definition) is 4. The molecule has 0 fully saturated rings. The lowest BCUT2D eigenvalue weighted by Crippen LogP contribution is -1.99. The summed E-state index contributed by atoms with van der Waals surface area (Å²) < 4.78 is 5.51. The van der Waals surface area contributed by atoms with Gasteiger partial charge < -0.3 is 4.74 Å². The van der Waals surface area contributed by atoms with Gasteiger partial charge in [-0.15, -0.1) is 0 Å². The molecule has 1 heterocycles. The molecule has 0 spiro atoms. The van der Waals surface area contributed by atoms with Crippen molar-refractivity contribution in [1.29, 1.82) is 5.26 Å². The van der Waals surface area contributed by atoms with Gasteiger partial charge in [-0.1, -0.05) is 0 Å². The molecule has 0 amide bonds. The first kappa shape index (κ1) is 10.7. The normalized spacial score (nSPS) is 9.21. The minimum absolute atomic E-state index is 0.138. The molecule has 0 aliphatic heterocycles. The molecular formula is C9H7BrN2O2. The smallest absolute Gasteiger partial charge is 0.227 e. The van der Waals surface area contributed by atoms with Crippen LogP contribution in [-0.4, -0.2) is 17.9 Å². The number of pyridine rings is 1. The van der Waals surface area contributed by atoms with Crippen molar-refractivity contribution < 1.29 is 9.53 Å². The third-order valence-corrected chi connectivity index (χ3v) is 2.13. The lowest BCUT2D eigenvalue weighted by molar-refractivity contribution is 0.0997. The largest absolute Gasteiger partial charge is 0.480 e. The quantitative estimate of drug-likeness (QED) is 0.774. The maximum Gasteiger partial charge on any atom is 0.227 e. The SMILES string of the molecule is COc1ncc(C(=O)CC#N)cc1Br. The number of aromatic nitrogens is 1. The number of ether oxygens (including phenoxy) is 1. The Bertz CT molecular complexity index is 398. The van der Waals surface area contributed by atoms with Crippen LogP contribution < -0.4 is 4.74 Å². The zero-order valence-corrected chi connectivity index (χ0v) is 9.04. The fraction of sp³-hybridized carbons (Fsp3) is 0.222. The number of nitrogens with zero attached hydrogens (tertiary/aromatic N) is 2. The van der Waals surface area contributed by atoms with E-state index in [2.05, 4.69) is 20.9 Å². The summed E-state index contributed by atoms with van der Waals surface area (Å²) in [5, 5.41) is 8.34. The topological polar surface area (TPSA) is 63.0 Å². The lowest BCUT2D eigenvalue weighted by Gasteiger charge is -2.02. The van der Waals surface area contributed by atoms with E-state index >= 15 is 0 Å². The van der Waals surface area contributed by atoms with Crippen LogP contribution in [0.5, 0.6) is 5.88 Å². The third kappa shape index (κ3) is 2.30. The van der Waals surface area contributed by atoms with Crippen LogP contribution in [0.1, 0.15) is 16.8 Å². The minimum Gasteiger partial charge on any atom is -0.480 e. The van der Waals surface area contributed by atoms with E-state index in [0.29, 0.717) is 15.9 Å². The Morgan fingerprint density at radius 1 is 1.79 bits per heavy atom. The van der Waals surface area contributed by atoms with Crippen molar-refractivity contribution in [3.63, 3.8) is 0 Å². The summed E-state index contributed by atoms with van der Waals surface area (Å²) in [5.41, 5.74) is 0.402. The first-order valence-electron chi connectivity index (χ1n) is 3.78. The zero-order valence-electron chi connectivity index (χ0n) is 7.45. The second kappa shape index (κ2) is 4.72. The molecule has 0 aliphatic carbocycles. The molecule has 1 aromatic rings. The molecule has 14 heavy (non-hydrogen) atoms. The van der Waals surface area contributed by atoms with E-state index in [9.17, 15) is 4.79 Å². The first-order valence-corrected chi connectivity index (χ1v) is 4.58. The van der Waals surface area contributed by atoms with Crippen LogP contribution in [0.2, 0.25) is 0 Å². The molecule has 0 N–H and O–H groups in total. The fourth-order valence-corrected chi connectivity index (χ4v) is 1.41. The fourth-order valence-electron chi connectivity index (χ4n) is 0.902. The Morgan fingerprint density at radius 3 is 3.00 bits per heavy atom. The van der Waals surface area contributed by atoms with Gasteiger partial charge in [0.05, 0.1) is 24.1 Å². The molecule has 4 nitrogen and oxygen atoms in total. The Morgan fingerprint density at radius 2 is 2.50 bits per heavy atom. The summed E-state index contributed by atoms with van der Waals surface area (Å²) in [5.74, 6) is 0.168. The highest BCUT2D eigenvalue weighted by atomic mass is 79.9. The molecule has 0 unspecified atom stereocenters. The molecule has 1 rings (SSSR count). The number of carbonyl (C=O) groups is 1. The van der Waals surface area contributed by atoms with E-state index in [1.54, 1.807) is 12.1 Å². The molecule has 72 valence electrons. The van der Waals surface area contributed by atoms with Crippen molar-refractivity contribution >= 4 is 21.7 Å². The number of methoxy groups -OCH3 is 1. The van der Waals surface area contributed by atoms with Crippen molar-refractivity contribution in [1.82, 2.24) is 4.98 Å². The highest BCUT2D eigenvalue weighted by Gasteiger charge is 2.09. The average Bonchev–Trinajstić information content (AvgIpc) is 2.18. The van der Waals surface area contributed by atoms with Gasteiger partial charge in [0.25, 0.3) is 0 Å². The Kier molecular flexibility index (Phi) is 3.60. The van der Waals surface area contributed by atoms with E-state index in [0.717, 1.165) is 0 Å². The van der Waals surface area contributed by atoms with Crippen molar-refractivity contribution in [3.8, 4) is 11.9 Å². The van der Waals surface area contributed by atoms with Crippen molar-refractivity contribution in [2.24, 2.45) is 0 Å². The minimum atomic E-state index is -0.247. The number of halogens is 1. The molecule has 0 bridgehead atoms. The van der Waals surface area contributed by atoms with Gasteiger partial charge in [0.1, 0.15) is 0 Å². The first-order chi connectivity index (χ1) is 6.69. The number of nitriles is 1. The van der Waals surface area contributed by atoms with Gasteiger partial charge in [-0.05, 0) is 22.0 Å². The summed E-state index contributed by atoms with van der Waals surface area (Å²) >= 11 is 3.20. The standard InChI is InChI=1S/C9H7BrN2O2/c1-14-9-7(10)4-6(5-12-9)8(13)2-3-11/h4-5H,2H2,1H3. The van der Waals surface area contributed by atoms with Crippen LogP contribution in [0, 0.1) is 11.3 Å².